The van der Waals surface area contributed by atoms with E-state index in [9.17, 15) is 9.59 Å². The molecule has 38 heavy (non-hydrogen) atoms. The zero-order chi connectivity index (χ0) is 27.7. The molecule has 3 rings (SSSR count). The fourth-order valence-corrected chi connectivity index (χ4v) is 4.75. The third-order valence-corrected chi connectivity index (χ3v) is 7.34. The molecule has 2 amide bonds. The van der Waals surface area contributed by atoms with E-state index < -0.39 is 6.04 Å². The molecule has 0 aliphatic rings. The number of hydrogen-bond donors (Lipinski definition) is 1. The summed E-state index contributed by atoms with van der Waals surface area (Å²) in [6.45, 7) is 9.00. The van der Waals surface area contributed by atoms with E-state index in [0.717, 1.165) is 20.1 Å². The van der Waals surface area contributed by atoms with E-state index in [1.54, 1.807) is 4.90 Å². The predicted molar refractivity (Wildman–Crippen MR) is 160 cm³/mol. The van der Waals surface area contributed by atoms with E-state index in [1.165, 1.54) is 5.56 Å². The van der Waals surface area contributed by atoms with Crippen LogP contribution in [0.2, 0.25) is 0 Å². The van der Waals surface area contributed by atoms with Crippen molar-refractivity contribution in [2.45, 2.75) is 52.6 Å². The molecule has 0 bridgehead atoms. The van der Waals surface area contributed by atoms with Crippen molar-refractivity contribution in [3.05, 3.63) is 98.4 Å². The Morgan fingerprint density at radius 2 is 1.58 bits per heavy atom. The Kier molecular flexibility index (Phi) is 11.4. The fraction of sp³-hybridized carbons (Fsp3) is 0.355. The number of benzene rings is 3. The number of carbonyl (C=O) groups excluding carboxylic acids is 2. The number of nitrogens with one attached hydrogen (secondary N) is 1. The van der Waals surface area contributed by atoms with Crippen molar-refractivity contribution in [3.63, 3.8) is 0 Å². The monoisotopic (exact) mass is 642 g/mol. The molecule has 0 saturated heterocycles. The third kappa shape index (κ3) is 8.98. The average Bonchev–Trinajstić information content (AvgIpc) is 2.90. The average molecular weight is 644 g/mol. The van der Waals surface area contributed by atoms with E-state index in [-0.39, 0.29) is 25.0 Å². The minimum absolute atomic E-state index is 0.171. The summed E-state index contributed by atoms with van der Waals surface area (Å²) in [4.78, 5) is 28.9. The van der Waals surface area contributed by atoms with Crippen molar-refractivity contribution >= 4 is 43.7 Å². The maximum atomic E-state index is 13.7. The van der Waals surface area contributed by atoms with Gasteiger partial charge in [0.2, 0.25) is 5.91 Å². The Balaban J connectivity index is 1.89. The van der Waals surface area contributed by atoms with Gasteiger partial charge >= 0.3 is 0 Å². The standard InChI is InChI=1S/C31H36Br2N2O3/c1-21(2)18-34-31(37)28(16-23-8-6-5-7-9-23)35(19-24-10-13-26(32)14-11-24)30(36)20-38-29-15-12-25(22(3)4)17-27(29)33/h5-15,17,21-22,28H,16,18-20H2,1-4H3,(H,34,37). The topological polar surface area (TPSA) is 58.6 Å². The fourth-order valence-electron chi connectivity index (χ4n) is 3.98. The molecule has 0 spiro atoms. The summed E-state index contributed by atoms with van der Waals surface area (Å²) < 4.78 is 7.72. The lowest BCUT2D eigenvalue weighted by Crippen LogP contribution is -2.52. The zero-order valence-corrected chi connectivity index (χ0v) is 25.6. The van der Waals surface area contributed by atoms with Crippen molar-refractivity contribution in [2.24, 2.45) is 5.92 Å². The molecule has 202 valence electrons. The molecular weight excluding hydrogens is 608 g/mol. The number of hydrogen-bond acceptors (Lipinski definition) is 3. The van der Waals surface area contributed by atoms with Crippen LogP contribution in [0.1, 0.15) is 50.3 Å². The largest absolute Gasteiger partial charge is 0.483 e. The molecule has 1 N–H and O–H groups in total. The summed E-state index contributed by atoms with van der Waals surface area (Å²) in [7, 11) is 0. The van der Waals surface area contributed by atoms with Crippen LogP contribution in [0.3, 0.4) is 0 Å². The molecule has 0 fully saturated rings. The molecule has 0 aromatic heterocycles. The van der Waals surface area contributed by atoms with Gasteiger partial charge in [-0.25, -0.2) is 0 Å². The molecule has 1 unspecified atom stereocenters. The summed E-state index contributed by atoms with van der Waals surface area (Å²) in [5.41, 5.74) is 3.09. The Morgan fingerprint density at radius 1 is 0.895 bits per heavy atom. The summed E-state index contributed by atoms with van der Waals surface area (Å²) in [6.07, 6.45) is 0.403. The van der Waals surface area contributed by atoms with Gasteiger partial charge in [0, 0.05) is 24.0 Å². The number of rotatable bonds is 12. The van der Waals surface area contributed by atoms with Crippen LogP contribution in [-0.2, 0) is 22.6 Å². The molecule has 5 nitrogen and oxygen atoms in total. The van der Waals surface area contributed by atoms with Crippen LogP contribution in [-0.4, -0.2) is 35.9 Å². The number of ether oxygens (including phenoxy) is 1. The van der Waals surface area contributed by atoms with Gasteiger partial charge in [-0.15, -0.1) is 0 Å². The molecule has 1 atom stereocenters. The maximum absolute atomic E-state index is 13.7. The maximum Gasteiger partial charge on any atom is 0.261 e. The smallest absolute Gasteiger partial charge is 0.261 e. The summed E-state index contributed by atoms with van der Waals surface area (Å²) in [6, 6.07) is 22.8. The number of amides is 2. The SMILES string of the molecule is CC(C)CNC(=O)C(Cc1ccccc1)N(Cc1ccc(Br)cc1)C(=O)COc1ccc(C(C)C)cc1Br. The van der Waals surface area contributed by atoms with Gasteiger partial charge < -0.3 is 15.0 Å². The zero-order valence-electron chi connectivity index (χ0n) is 22.4. The molecule has 0 saturated carbocycles. The van der Waals surface area contributed by atoms with Gasteiger partial charge in [-0.05, 0) is 68.7 Å². The van der Waals surface area contributed by atoms with Gasteiger partial charge in [0.25, 0.3) is 5.91 Å². The number of halogens is 2. The number of nitrogens with zero attached hydrogens (tertiary/aromatic N) is 1. The molecule has 0 heterocycles. The Morgan fingerprint density at radius 3 is 2.18 bits per heavy atom. The quantitative estimate of drug-likeness (QED) is 0.229. The highest BCUT2D eigenvalue weighted by molar-refractivity contribution is 9.10. The van der Waals surface area contributed by atoms with Crippen LogP contribution in [0.4, 0.5) is 0 Å². The molecular formula is C31H36Br2N2O3. The summed E-state index contributed by atoms with van der Waals surface area (Å²) >= 11 is 7.05. The first-order valence-electron chi connectivity index (χ1n) is 12.9. The van der Waals surface area contributed by atoms with Crippen LogP contribution >= 0.6 is 31.9 Å². The van der Waals surface area contributed by atoms with Crippen LogP contribution in [0.5, 0.6) is 5.75 Å². The van der Waals surface area contributed by atoms with Gasteiger partial charge in [0.15, 0.2) is 6.61 Å². The molecule has 0 aliphatic carbocycles. The van der Waals surface area contributed by atoms with Crippen LogP contribution in [0.15, 0.2) is 81.7 Å². The molecule has 0 radical (unpaired) electrons. The first-order chi connectivity index (χ1) is 18.1. The van der Waals surface area contributed by atoms with E-state index in [4.69, 9.17) is 4.74 Å². The van der Waals surface area contributed by atoms with Crippen LogP contribution in [0.25, 0.3) is 0 Å². The molecule has 3 aromatic carbocycles. The molecule has 0 aliphatic heterocycles. The van der Waals surface area contributed by atoms with E-state index in [0.29, 0.717) is 30.6 Å². The van der Waals surface area contributed by atoms with E-state index in [2.05, 4.69) is 51.0 Å². The van der Waals surface area contributed by atoms with Gasteiger partial charge in [-0.3, -0.25) is 9.59 Å². The van der Waals surface area contributed by atoms with Crippen molar-refractivity contribution in [1.82, 2.24) is 10.2 Å². The van der Waals surface area contributed by atoms with E-state index in [1.807, 2.05) is 86.6 Å². The second-order valence-corrected chi connectivity index (χ2v) is 11.9. The van der Waals surface area contributed by atoms with Crippen LogP contribution in [0, 0.1) is 5.92 Å². The lowest BCUT2D eigenvalue weighted by molar-refractivity contribution is -0.142. The van der Waals surface area contributed by atoms with Crippen molar-refractivity contribution < 1.29 is 14.3 Å². The van der Waals surface area contributed by atoms with Crippen LogP contribution < -0.4 is 10.1 Å². The van der Waals surface area contributed by atoms with Crippen molar-refractivity contribution in [1.29, 1.82) is 0 Å². The Bertz CT molecular complexity index is 1200. The minimum Gasteiger partial charge on any atom is -0.483 e. The Hall–Kier alpha value is -2.64. The molecule has 3 aromatic rings. The highest BCUT2D eigenvalue weighted by Crippen LogP contribution is 2.29. The van der Waals surface area contributed by atoms with E-state index >= 15 is 0 Å². The van der Waals surface area contributed by atoms with Crippen molar-refractivity contribution in [3.8, 4) is 5.75 Å². The lowest BCUT2D eigenvalue weighted by Gasteiger charge is -2.31. The summed E-state index contributed by atoms with van der Waals surface area (Å²) in [5, 5.41) is 3.04. The first kappa shape index (κ1) is 29.9. The normalized spacial score (nSPS) is 11.9. The van der Waals surface area contributed by atoms with Crippen molar-refractivity contribution in [2.75, 3.05) is 13.2 Å². The lowest BCUT2D eigenvalue weighted by atomic mass is 10.0. The predicted octanol–water partition coefficient (Wildman–Crippen LogP) is 7.13. The van der Waals surface area contributed by atoms with Gasteiger partial charge in [0.1, 0.15) is 11.8 Å². The number of carbonyl (C=O) groups is 2. The van der Waals surface area contributed by atoms with Gasteiger partial charge in [0.05, 0.1) is 4.47 Å². The highest BCUT2D eigenvalue weighted by atomic mass is 79.9. The molecule has 7 heteroatoms. The Labute approximate surface area is 243 Å². The first-order valence-corrected chi connectivity index (χ1v) is 14.5. The second kappa shape index (κ2) is 14.5. The second-order valence-electron chi connectivity index (χ2n) is 10.1. The minimum atomic E-state index is -0.692. The van der Waals surface area contributed by atoms with Gasteiger partial charge in [-0.1, -0.05) is 92.2 Å². The van der Waals surface area contributed by atoms with Gasteiger partial charge in [-0.2, -0.15) is 0 Å². The highest BCUT2D eigenvalue weighted by Gasteiger charge is 2.31. The summed E-state index contributed by atoms with van der Waals surface area (Å²) in [5.74, 6) is 0.840. The third-order valence-electron chi connectivity index (χ3n) is 6.20.